The summed E-state index contributed by atoms with van der Waals surface area (Å²) in [4.78, 5) is 17.1. The van der Waals surface area contributed by atoms with Crippen LogP contribution in [-0.2, 0) is 16.6 Å². The normalized spacial score (nSPS) is 25.6. The van der Waals surface area contributed by atoms with Crippen molar-refractivity contribution in [1.29, 1.82) is 0 Å². The second-order valence-corrected chi connectivity index (χ2v) is 10.5. The Labute approximate surface area is 176 Å². The number of hydrogen-bond acceptors (Lipinski definition) is 5. The minimum absolute atomic E-state index is 0.0217. The van der Waals surface area contributed by atoms with E-state index in [4.69, 9.17) is 16.7 Å². The molecular formula is C19H27ClN4O4S. The van der Waals surface area contributed by atoms with Crippen molar-refractivity contribution in [3.05, 3.63) is 28.8 Å². The topological polar surface area (TPSA) is 84.4 Å². The standard InChI is InChI=1S/C19H27ClN4O4S/c20-16-3-2-15(13-21-7-9-22(10-8-21)19(25)26)18(12-16)23-6-4-17(14-23)24-5-1-11-29(24,27)28/h2-3,12,17H,1,4-11,13-14H2,(H,25,26)/t17-/m0/s1. The highest BCUT2D eigenvalue weighted by Gasteiger charge is 2.38. The molecule has 0 bridgehead atoms. The molecule has 1 atom stereocenters. The van der Waals surface area contributed by atoms with Crippen molar-refractivity contribution in [2.45, 2.75) is 25.4 Å². The summed E-state index contributed by atoms with van der Waals surface area (Å²) in [6, 6.07) is 5.90. The van der Waals surface area contributed by atoms with Gasteiger partial charge in [0.1, 0.15) is 0 Å². The molecule has 0 aromatic heterocycles. The first-order valence-corrected chi connectivity index (χ1v) is 12.1. The molecule has 3 fully saturated rings. The number of piperazine rings is 1. The number of nitrogens with zero attached hydrogens (tertiary/aromatic N) is 4. The Morgan fingerprint density at radius 3 is 2.55 bits per heavy atom. The number of anilines is 1. The Kier molecular flexibility index (Phi) is 5.92. The first-order chi connectivity index (χ1) is 13.8. The molecule has 0 spiro atoms. The van der Waals surface area contributed by atoms with Gasteiger partial charge in [0.25, 0.3) is 0 Å². The van der Waals surface area contributed by atoms with Gasteiger partial charge in [-0.1, -0.05) is 17.7 Å². The van der Waals surface area contributed by atoms with Gasteiger partial charge in [0.2, 0.25) is 10.0 Å². The predicted octanol–water partition coefficient (Wildman–Crippen LogP) is 1.75. The number of carboxylic acid groups (broad SMARTS) is 1. The van der Waals surface area contributed by atoms with Gasteiger partial charge in [-0.2, -0.15) is 4.31 Å². The lowest BCUT2D eigenvalue weighted by atomic mass is 10.1. The lowest BCUT2D eigenvalue weighted by molar-refractivity contribution is 0.103. The van der Waals surface area contributed by atoms with Gasteiger partial charge in [-0.05, 0) is 30.5 Å². The molecule has 3 aliphatic rings. The van der Waals surface area contributed by atoms with E-state index in [1.54, 1.807) is 4.31 Å². The number of sulfonamides is 1. The predicted molar refractivity (Wildman–Crippen MR) is 112 cm³/mol. The van der Waals surface area contributed by atoms with Gasteiger partial charge in [0, 0.05) is 69.1 Å². The number of benzene rings is 1. The van der Waals surface area contributed by atoms with Crippen LogP contribution in [-0.4, -0.2) is 91.3 Å². The molecule has 10 heteroatoms. The van der Waals surface area contributed by atoms with Crippen molar-refractivity contribution < 1.29 is 18.3 Å². The van der Waals surface area contributed by atoms with Crippen LogP contribution in [0.1, 0.15) is 18.4 Å². The lowest BCUT2D eigenvalue weighted by Gasteiger charge is -2.34. The van der Waals surface area contributed by atoms with Crippen LogP contribution in [0, 0.1) is 0 Å². The minimum Gasteiger partial charge on any atom is -0.465 e. The third kappa shape index (κ3) is 4.47. The third-order valence-electron chi connectivity index (χ3n) is 6.13. The van der Waals surface area contributed by atoms with Gasteiger partial charge in [0.15, 0.2) is 0 Å². The van der Waals surface area contributed by atoms with E-state index in [9.17, 15) is 13.2 Å². The summed E-state index contributed by atoms with van der Waals surface area (Å²) in [5.41, 5.74) is 2.19. The van der Waals surface area contributed by atoms with E-state index in [1.165, 1.54) is 4.90 Å². The molecule has 1 N–H and O–H groups in total. The molecule has 1 aromatic rings. The van der Waals surface area contributed by atoms with Crippen molar-refractivity contribution in [2.24, 2.45) is 0 Å². The first-order valence-electron chi connectivity index (χ1n) is 10.1. The van der Waals surface area contributed by atoms with Crippen molar-refractivity contribution in [1.82, 2.24) is 14.1 Å². The average molecular weight is 443 g/mol. The molecule has 0 unspecified atom stereocenters. The molecule has 0 radical (unpaired) electrons. The van der Waals surface area contributed by atoms with Crippen LogP contribution in [0.2, 0.25) is 5.02 Å². The maximum Gasteiger partial charge on any atom is 0.407 e. The Hall–Kier alpha value is -1.55. The molecule has 0 saturated carbocycles. The summed E-state index contributed by atoms with van der Waals surface area (Å²) in [6.45, 7) is 5.25. The van der Waals surface area contributed by atoms with Gasteiger partial charge >= 0.3 is 6.09 Å². The molecule has 160 valence electrons. The van der Waals surface area contributed by atoms with E-state index in [2.05, 4.69) is 9.80 Å². The van der Waals surface area contributed by atoms with E-state index in [0.29, 0.717) is 50.7 Å². The molecule has 3 aliphatic heterocycles. The monoisotopic (exact) mass is 442 g/mol. The van der Waals surface area contributed by atoms with Crippen molar-refractivity contribution in [3.63, 3.8) is 0 Å². The Morgan fingerprint density at radius 2 is 1.90 bits per heavy atom. The van der Waals surface area contributed by atoms with E-state index in [1.807, 2.05) is 18.2 Å². The van der Waals surface area contributed by atoms with E-state index < -0.39 is 16.1 Å². The van der Waals surface area contributed by atoms with Crippen molar-refractivity contribution in [3.8, 4) is 0 Å². The third-order valence-corrected chi connectivity index (χ3v) is 8.37. The maximum absolute atomic E-state index is 12.3. The van der Waals surface area contributed by atoms with Crippen LogP contribution < -0.4 is 4.90 Å². The molecular weight excluding hydrogens is 416 g/mol. The zero-order valence-corrected chi connectivity index (χ0v) is 17.9. The fourth-order valence-electron chi connectivity index (χ4n) is 4.57. The molecule has 3 heterocycles. The fraction of sp³-hybridized carbons (Fsp3) is 0.632. The second-order valence-electron chi connectivity index (χ2n) is 7.99. The van der Waals surface area contributed by atoms with Crippen LogP contribution in [0.25, 0.3) is 0 Å². The molecule has 3 saturated heterocycles. The summed E-state index contributed by atoms with van der Waals surface area (Å²) < 4.78 is 26.3. The molecule has 1 aromatic carbocycles. The number of halogens is 1. The number of amides is 1. The first kappa shape index (κ1) is 20.7. The number of rotatable bonds is 4. The Balaban J connectivity index is 1.46. The second kappa shape index (κ2) is 8.29. The lowest BCUT2D eigenvalue weighted by Crippen LogP contribution is -2.47. The highest BCUT2D eigenvalue weighted by atomic mass is 35.5. The maximum atomic E-state index is 12.3. The van der Waals surface area contributed by atoms with E-state index in [0.717, 1.165) is 30.8 Å². The summed E-state index contributed by atoms with van der Waals surface area (Å²) >= 11 is 6.28. The van der Waals surface area contributed by atoms with Crippen LogP contribution >= 0.6 is 11.6 Å². The zero-order chi connectivity index (χ0) is 20.6. The highest BCUT2D eigenvalue weighted by molar-refractivity contribution is 7.89. The van der Waals surface area contributed by atoms with Gasteiger partial charge in [-0.25, -0.2) is 13.2 Å². The van der Waals surface area contributed by atoms with Gasteiger partial charge in [-0.15, -0.1) is 0 Å². The summed E-state index contributed by atoms with van der Waals surface area (Å²) in [5.74, 6) is 0.258. The van der Waals surface area contributed by atoms with Gasteiger partial charge in [0.05, 0.1) is 5.75 Å². The van der Waals surface area contributed by atoms with Crippen molar-refractivity contribution >= 4 is 33.4 Å². The number of hydrogen-bond donors (Lipinski definition) is 1. The van der Waals surface area contributed by atoms with Gasteiger partial charge in [-0.3, -0.25) is 4.90 Å². The number of carbonyl (C=O) groups is 1. The molecule has 1 amide bonds. The van der Waals surface area contributed by atoms with Crippen LogP contribution in [0.4, 0.5) is 10.5 Å². The molecule has 4 rings (SSSR count). The van der Waals surface area contributed by atoms with Crippen LogP contribution in [0.3, 0.4) is 0 Å². The molecule has 29 heavy (non-hydrogen) atoms. The summed E-state index contributed by atoms with van der Waals surface area (Å²) in [6.07, 6.45) is 0.670. The molecule has 8 nitrogen and oxygen atoms in total. The largest absolute Gasteiger partial charge is 0.465 e. The zero-order valence-electron chi connectivity index (χ0n) is 16.3. The Morgan fingerprint density at radius 1 is 1.14 bits per heavy atom. The average Bonchev–Trinajstić information content (AvgIpc) is 3.29. The Bertz CT molecular complexity index is 873. The van der Waals surface area contributed by atoms with Crippen LogP contribution in [0.5, 0.6) is 0 Å². The summed E-state index contributed by atoms with van der Waals surface area (Å²) in [5, 5.41) is 9.79. The highest BCUT2D eigenvalue weighted by Crippen LogP contribution is 2.32. The minimum atomic E-state index is -3.11. The van der Waals surface area contributed by atoms with Gasteiger partial charge < -0.3 is 14.9 Å². The fourth-order valence-corrected chi connectivity index (χ4v) is 6.50. The van der Waals surface area contributed by atoms with Crippen LogP contribution in [0.15, 0.2) is 18.2 Å². The van der Waals surface area contributed by atoms with E-state index in [-0.39, 0.29) is 11.8 Å². The van der Waals surface area contributed by atoms with Crippen molar-refractivity contribution in [2.75, 3.05) is 56.5 Å². The SMILES string of the molecule is O=C(O)N1CCN(Cc2ccc(Cl)cc2N2CC[C@H](N3CCCS3(=O)=O)C2)CC1. The smallest absolute Gasteiger partial charge is 0.407 e. The summed E-state index contributed by atoms with van der Waals surface area (Å²) in [7, 11) is -3.11. The quantitative estimate of drug-likeness (QED) is 0.764. The van der Waals surface area contributed by atoms with E-state index >= 15 is 0 Å². The molecule has 0 aliphatic carbocycles.